The van der Waals surface area contributed by atoms with Crippen molar-refractivity contribution in [2.75, 3.05) is 23.1 Å². The molecule has 0 aliphatic heterocycles. The molecule has 16 heavy (non-hydrogen) atoms. The summed E-state index contributed by atoms with van der Waals surface area (Å²) in [5, 5.41) is 12.0. The molecule has 0 saturated carbocycles. The van der Waals surface area contributed by atoms with Crippen molar-refractivity contribution in [2.45, 2.75) is 13.0 Å². The Balaban J connectivity index is 2.89. The van der Waals surface area contributed by atoms with Crippen molar-refractivity contribution in [1.29, 1.82) is 0 Å². The maximum Gasteiger partial charge on any atom is 0.337 e. The Hall–Kier alpha value is -1.43. The van der Waals surface area contributed by atoms with Gasteiger partial charge in [0.15, 0.2) is 0 Å². The molecule has 1 rings (SSSR count). The lowest BCUT2D eigenvalue weighted by Gasteiger charge is -2.15. The second-order valence-electron chi connectivity index (χ2n) is 3.43. The van der Waals surface area contributed by atoms with Crippen molar-refractivity contribution in [3.8, 4) is 0 Å². The van der Waals surface area contributed by atoms with E-state index in [-0.39, 0.29) is 17.3 Å². The SMILES string of the molecule is CSCC(C)Nc1nccc(C(=O)O)c1N. The maximum atomic E-state index is 10.8. The van der Waals surface area contributed by atoms with Crippen molar-refractivity contribution < 1.29 is 9.90 Å². The Bertz CT molecular complexity index is 384. The summed E-state index contributed by atoms with van der Waals surface area (Å²) in [5.41, 5.74) is 5.98. The van der Waals surface area contributed by atoms with Crippen LogP contribution in [0.5, 0.6) is 0 Å². The van der Waals surface area contributed by atoms with Crippen LogP contribution in [0.25, 0.3) is 0 Å². The molecular weight excluding hydrogens is 226 g/mol. The van der Waals surface area contributed by atoms with E-state index in [2.05, 4.69) is 10.3 Å². The van der Waals surface area contributed by atoms with Gasteiger partial charge in [0.05, 0.1) is 11.3 Å². The summed E-state index contributed by atoms with van der Waals surface area (Å²) in [5.74, 6) is 0.292. The van der Waals surface area contributed by atoms with E-state index in [0.29, 0.717) is 5.82 Å². The molecule has 1 unspecified atom stereocenters. The standard InChI is InChI=1S/C10H15N3O2S/c1-6(5-16-2)13-9-8(11)7(10(14)15)3-4-12-9/h3-4,6H,5,11H2,1-2H3,(H,12,13)(H,14,15). The number of pyridine rings is 1. The van der Waals surface area contributed by atoms with Gasteiger partial charge in [0, 0.05) is 18.0 Å². The molecule has 0 saturated heterocycles. The van der Waals surface area contributed by atoms with E-state index in [1.807, 2.05) is 13.2 Å². The predicted molar refractivity (Wildman–Crippen MR) is 67.1 cm³/mol. The van der Waals surface area contributed by atoms with Gasteiger partial charge in [-0.25, -0.2) is 9.78 Å². The first-order valence-corrected chi connectivity index (χ1v) is 6.19. The highest BCUT2D eigenvalue weighted by atomic mass is 32.2. The summed E-state index contributed by atoms with van der Waals surface area (Å²) in [6, 6.07) is 1.58. The molecule has 1 heterocycles. The largest absolute Gasteiger partial charge is 0.478 e. The van der Waals surface area contributed by atoms with Crippen LogP contribution < -0.4 is 11.1 Å². The summed E-state index contributed by atoms with van der Waals surface area (Å²) in [4.78, 5) is 14.9. The molecule has 4 N–H and O–H groups in total. The van der Waals surface area contributed by atoms with Gasteiger partial charge in [-0.05, 0) is 19.2 Å². The van der Waals surface area contributed by atoms with Gasteiger partial charge in [0.2, 0.25) is 0 Å². The van der Waals surface area contributed by atoms with Crippen LogP contribution in [-0.4, -0.2) is 34.1 Å². The molecule has 1 atom stereocenters. The van der Waals surface area contributed by atoms with Crippen molar-refractivity contribution in [1.82, 2.24) is 4.98 Å². The number of rotatable bonds is 5. The molecule has 88 valence electrons. The van der Waals surface area contributed by atoms with Gasteiger partial charge in [-0.2, -0.15) is 11.8 Å². The summed E-state index contributed by atoms with van der Waals surface area (Å²) in [7, 11) is 0. The Morgan fingerprint density at radius 3 is 3.00 bits per heavy atom. The number of nitrogens with zero attached hydrogens (tertiary/aromatic N) is 1. The number of nitrogen functional groups attached to an aromatic ring is 1. The van der Waals surface area contributed by atoms with Crippen LogP contribution >= 0.6 is 11.8 Å². The lowest BCUT2D eigenvalue weighted by molar-refractivity contribution is 0.0698. The molecule has 5 nitrogen and oxygen atoms in total. The fourth-order valence-corrected chi connectivity index (χ4v) is 1.88. The number of thioether (sulfide) groups is 1. The van der Waals surface area contributed by atoms with Crippen molar-refractivity contribution >= 4 is 29.2 Å². The first kappa shape index (κ1) is 12.6. The number of aromatic nitrogens is 1. The molecule has 0 fully saturated rings. The van der Waals surface area contributed by atoms with Crippen LogP contribution in [0.3, 0.4) is 0 Å². The number of hydrogen-bond donors (Lipinski definition) is 3. The minimum atomic E-state index is -1.04. The van der Waals surface area contributed by atoms with Gasteiger partial charge in [0.1, 0.15) is 5.82 Å². The number of nitrogens with one attached hydrogen (secondary N) is 1. The Kier molecular flexibility index (Phi) is 4.42. The summed E-state index contributed by atoms with van der Waals surface area (Å²) in [6.07, 6.45) is 3.44. The van der Waals surface area contributed by atoms with Gasteiger partial charge in [-0.1, -0.05) is 0 Å². The fourth-order valence-electron chi connectivity index (χ4n) is 1.30. The van der Waals surface area contributed by atoms with E-state index in [1.54, 1.807) is 11.8 Å². The molecule has 6 heteroatoms. The number of aromatic carboxylic acids is 1. The zero-order valence-corrected chi connectivity index (χ0v) is 10.0. The molecule has 0 amide bonds. The predicted octanol–water partition coefficient (Wildman–Crippen LogP) is 1.53. The van der Waals surface area contributed by atoms with Gasteiger partial charge >= 0.3 is 5.97 Å². The minimum absolute atomic E-state index is 0.0776. The molecule has 0 radical (unpaired) electrons. The molecule has 0 aliphatic rings. The first-order chi connectivity index (χ1) is 7.56. The van der Waals surface area contributed by atoms with Crippen LogP contribution in [0.15, 0.2) is 12.3 Å². The summed E-state index contributed by atoms with van der Waals surface area (Å²) < 4.78 is 0. The lowest BCUT2D eigenvalue weighted by Crippen LogP contribution is -2.20. The second-order valence-corrected chi connectivity index (χ2v) is 4.34. The van der Waals surface area contributed by atoms with E-state index in [0.717, 1.165) is 5.75 Å². The topological polar surface area (TPSA) is 88.2 Å². The molecule has 1 aromatic rings. The van der Waals surface area contributed by atoms with E-state index in [4.69, 9.17) is 10.8 Å². The fraction of sp³-hybridized carbons (Fsp3) is 0.400. The van der Waals surface area contributed by atoms with Crippen LogP contribution in [0.2, 0.25) is 0 Å². The second kappa shape index (κ2) is 5.60. The number of anilines is 2. The number of nitrogens with two attached hydrogens (primary N) is 1. The number of hydrogen-bond acceptors (Lipinski definition) is 5. The summed E-state index contributed by atoms with van der Waals surface area (Å²) >= 11 is 1.70. The molecule has 0 bridgehead atoms. The van der Waals surface area contributed by atoms with E-state index in [1.165, 1.54) is 12.3 Å². The number of carbonyl (C=O) groups is 1. The zero-order valence-electron chi connectivity index (χ0n) is 9.23. The highest BCUT2D eigenvalue weighted by Gasteiger charge is 2.13. The van der Waals surface area contributed by atoms with Gasteiger partial charge in [0.25, 0.3) is 0 Å². The smallest absolute Gasteiger partial charge is 0.337 e. The third kappa shape index (κ3) is 3.03. The van der Waals surface area contributed by atoms with Gasteiger partial charge in [-0.3, -0.25) is 0 Å². The van der Waals surface area contributed by atoms with E-state index >= 15 is 0 Å². The lowest BCUT2D eigenvalue weighted by atomic mass is 10.2. The van der Waals surface area contributed by atoms with Gasteiger partial charge < -0.3 is 16.2 Å². The molecule has 1 aromatic heterocycles. The van der Waals surface area contributed by atoms with Crippen molar-refractivity contribution in [3.63, 3.8) is 0 Å². The zero-order chi connectivity index (χ0) is 12.1. The van der Waals surface area contributed by atoms with Crippen LogP contribution in [-0.2, 0) is 0 Å². The number of carboxylic acid groups (broad SMARTS) is 1. The van der Waals surface area contributed by atoms with Gasteiger partial charge in [-0.15, -0.1) is 0 Å². The Morgan fingerprint density at radius 2 is 2.44 bits per heavy atom. The minimum Gasteiger partial charge on any atom is -0.478 e. The molecular formula is C10H15N3O2S. The number of carboxylic acids is 1. The normalized spacial score (nSPS) is 12.1. The molecule has 0 aliphatic carbocycles. The summed E-state index contributed by atoms with van der Waals surface area (Å²) in [6.45, 7) is 1.99. The van der Waals surface area contributed by atoms with Crippen LogP contribution in [0, 0.1) is 0 Å². The van der Waals surface area contributed by atoms with Crippen molar-refractivity contribution in [2.24, 2.45) is 0 Å². The average molecular weight is 241 g/mol. The molecule has 0 spiro atoms. The highest BCUT2D eigenvalue weighted by Crippen LogP contribution is 2.20. The Morgan fingerprint density at radius 1 is 1.75 bits per heavy atom. The van der Waals surface area contributed by atoms with Crippen LogP contribution in [0.4, 0.5) is 11.5 Å². The highest BCUT2D eigenvalue weighted by molar-refractivity contribution is 7.98. The van der Waals surface area contributed by atoms with E-state index < -0.39 is 5.97 Å². The quantitative estimate of drug-likeness (QED) is 0.724. The van der Waals surface area contributed by atoms with Crippen LogP contribution in [0.1, 0.15) is 17.3 Å². The maximum absolute atomic E-state index is 10.8. The monoisotopic (exact) mass is 241 g/mol. The third-order valence-corrected chi connectivity index (χ3v) is 2.85. The molecule has 0 aromatic carbocycles. The average Bonchev–Trinajstić information content (AvgIpc) is 2.21. The Labute approximate surface area is 98.4 Å². The first-order valence-electron chi connectivity index (χ1n) is 4.79. The van der Waals surface area contributed by atoms with E-state index in [9.17, 15) is 4.79 Å². The third-order valence-electron chi connectivity index (χ3n) is 2.02. The van der Waals surface area contributed by atoms with Crippen molar-refractivity contribution in [3.05, 3.63) is 17.8 Å².